The molecule has 0 saturated carbocycles. The first-order valence-electron chi connectivity index (χ1n) is 6.34. The van der Waals surface area contributed by atoms with Crippen molar-refractivity contribution in [3.8, 4) is 5.75 Å². The third kappa shape index (κ3) is 6.22. The van der Waals surface area contributed by atoms with E-state index in [2.05, 4.69) is 0 Å². The number of carbonyl (C=O) groups is 1. The molecule has 0 bridgehead atoms. The second kappa shape index (κ2) is 8.50. The van der Waals surface area contributed by atoms with Crippen molar-refractivity contribution in [1.82, 2.24) is 0 Å². The van der Waals surface area contributed by atoms with Gasteiger partial charge in [0.2, 0.25) is 0 Å². The molecule has 1 aromatic rings. The maximum absolute atomic E-state index is 10.4. The summed E-state index contributed by atoms with van der Waals surface area (Å²) in [6.45, 7) is 3.29. The number of aliphatic hydroxyl groups is 1. The molecule has 19 heavy (non-hydrogen) atoms. The average molecular weight is 268 g/mol. The van der Waals surface area contributed by atoms with Crippen LogP contribution >= 0.6 is 0 Å². The zero-order chi connectivity index (χ0) is 14.1. The molecule has 1 unspecified atom stereocenters. The lowest BCUT2D eigenvalue weighted by molar-refractivity contribution is -0.147. The van der Waals surface area contributed by atoms with Crippen molar-refractivity contribution in [2.75, 3.05) is 19.8 Å². The largest absolute Gasteiger partial charge is 0.494 e. The molecule has 0 saturated heterocycles. The molecule has 0 aliphatic rings. The van der Waals surface area contributed by atoms with Crippen LogP contribution in [0.5, 0.6) is 5.75 Å². The van der Waals surface area contributed by atoms with Crippen molar-refractivity contribution in [2.24, 2.45) is 0 Å². The van der Waals surface area contributed by atoms with Crippen LogP contribution in [0.2, 0.25) is 0 Å². The maximum Gasteiger partial charge on any atom is 0.332 e. The van der Waals surface area contributed by atoms with E-state index < -0.39 is 12.1 Å². The van der Waals surface area contributed by atoms with E-state index in [1.54, 1.807) is 0 Å². The highest BCUT2D eigenvalue weighted by molar-refractivity contribution is 5.71. The third-order valence-corrected chi connectivity index (χ3v) is 2.57. The summed E-state index contributed by atoms with van der Waals surface area (Å²) in [6, 6.07) is 7.77. The van der Waals surface area contributed by atoms with E-state index >= 15 is 0 Å². The van der Waals surface area contributed by atoms with Crippen LogP contribution in [-0.2, 0) is 16.0 Å². The van der Waals surface area contributed by atoms with E-state index in [0.29, 0.717) is 13.2 Å². The van der Waals surface area contributed by atoms with E-state index in [9.17, 15) is 4.79 Å². The normalized spacial score (nSPS) is 12.1. The Morgan fingerprint density at radius 3 is 2.84 bits per heavy atom. The van der Waals surface area contributed by atoms with Crippen LogP contribution < -0.4 is 4.74 Å². The molecule has 1 atom stereocenters. The van der Waals surface area contributed by atoms with Gasteiger partial charge in [0.15, 0.2) is 6.10 Å². The topological polar surface area (TPSA) is 76.0 Å². The summed E-state index contributed by atoms with van der Waals surface area (Å²) in [5.41, 5.74) is 1.10. The number of carboxylic acid groups (broad SMARTS) is 1. The minimum atomic E-state index is -1.35. The van der Waals surface area contributed by atoms with Crippen LogP contribution in [0.4, 0.5) is 0 Å². The number of carboxylic acids is 1. The van der Waals surface area contributed by atoms with Gasteiger partial charge in [-0.1, -0.05) is 12.1 Å². The smallest absolute Gasteiger partial charge is 0.332 e. The summed E-state index contributed by atoms with van der Waals surface area (Å²) in [4.78, 5) is 10.4. The van der Waals surface area contributed by atoms with E-state index in [1.807, 2.05) is 31.2 Å². The molecule has 5 nitrogen and oxygen atoms in total. The molecule has 0 aliphatic heterocycles. The molecule has 5 heteroatoms. The molecule has 106 valence electrons. The molecule has 0 aliphatic carbocycles. The number of hydrogen-bond acceptors (Lipinski definition) is 4. The summed E-state index contributed by atoms with van der Waals surface area (Å²) in [6.07, 6.45) is -0.514. The summed E-state index contributed by atoms with van der Waals surface area (Å²) < 4.78 is 10.7. The standard InChI is InChI=1S/C14H20O5/c1-2-19-12-5-3-4-11(10-12)6-8-18-9-7-13(15)14(16)17/h3-5,10,13,15H,2,6-9H2,1H3,(H,16,17). The lowest BCUT2D eigenvalue weighted by Gasteiger charge is -2.08. The van der Waals surface area contributed by atoms with Crippen molar-refractivity contribution >= 4 is 5.97 Å². The highest BCUT2D eigenvalue weighted by atomic mass is 16.5. The van der Waals surface area contributed by atoms with Crippen LogP contribution in [0.15, 0.2) is 24.3 Å². The molecule has 1 aromatic carbocycles. The second-order valence-corrected chi connectivity index (χ2v) is 4.09. The Morgan fingerprint density at radius 2 is 2.16 bits per heavy atom. The third-order valence-electron chi connectivity index (χ3n) is 2.57. The van der Waals surface area contributed by atoms with Gasteiger partial charge in [-0.15, -0.1) is 0 Å². The first-order chi connectivity index (χ1) is 9.13. The minimum Gasteiger partial charge on any atom is -0.494 e. The van der Waals surface area contributed by atoms with Gasteiger partial charge in [-0.2, -0.15) is 0 Å². The van der Waals surface area contributed by atoms with Gasteiger partial charge in [-0.3, -0.25) is 0 Å². The predicted molar refractivity (Wildman–Crippen MR) is 70.4 cm³/mol. The highest BCUT2D eigenvalue weighted by Crippen LogP contribution is 2.13. The molecule has 0 radical (unpaired) electrons. The van der Waals surface area contributed by atoms with Gasteiger partial charge in [0.05, 0.1) is 13.2 Å². The molecular formula is C14H20O5. The van der Waals surface area contributed by atoms with E-state index in [0.717, 1.165) is 17.7 Å². The molecule has 0 spiro atoms. The number of aliphatic carboxylic acids is 1. The van der Waals surface area contributed by atoms with Gasteiger partial charge in [0, 0.05) is 13.0 Å². The zero-order valence-electron chi connectivity index (χ0n) is 11.0. The van der Waals surface area contributed by atoms with Crippen LogP contribution in [0.25, 0.3) is 0 Å². The van der Waals surface area contributed by atoms with Crippen molar-refractivity contribution in [1.29, 1.82) is 0 Å². The van der Waals surface area contributed by atoms with E-state index in [1.165, 1.54) is 0 Å². The SMILES string of the molecule is CCOc1cccc(CCOCCC(O)C(=O)O)c1. The molecule has 1 rings (SSSR count). The first kappa shape index (κ1) is 15.5. The Kier molecular flexibility index (Phi) is 6.92. The molecule has 0 heterocycles. The van der Waals surface area contributed by atoms with Gasteiger partial charge in [0.25, 0.3) is 0 Å². The maximum atomic E-state index is 10.4. The summed E-state index contributed by atoms with van der Waals surface area (Å²) in [7, 11) is 0. The molecule has 0 aromatic heterocycles. The van der Waals surface area contributed by atoms with Crippen molar-refractivity contribution in [3.05, 3.63) is 29.8 Å². The fourth-order valence-electron chi connectivity index (χ4n) is 1.57. The van der Waals surface area contributed by atoms with Crippen LogP contribution in [0.3, 0.4) is 0 Å². The Labute approximate surface area is 112 Å². The van der Waals surface area contributed by atoms with Gasteiger partial charge in [0.1, 0.15) is 5.75 Å². The summed E-state index contributed by atoms with van der Waals surface area (Å²) >= 11 is 0. The Balaban J connectivity index is 2.22. The highest BCUT2D eigenvalue weighted by Gasteiger charge is 2.11. The number of benzene rings is 1. The lowest BCUT2D eigenvalue weighted by atomic mass is 10.1. The van der Waals surface area contributed by atoms with Crippen LogP contribution in [0, 0.1) is 0 Å². The van der Waals surface area contributed by atoms with Crippen molar-refractivity contribution in [3.63, 3.8) is 0 Å². The lowest BCUT2D eigenvalue weighted by Crippen LogP contribution is -2.21. The Hall–Kier alpha value is -1.59. The number of aliphatic hydroxyl groups excluding tert-OH is 1. The summed E-state index contributed by atoms with van der Waals surface area (Å²) in [5, 5.41) is 17.5. The number of hydrogen-bond donors (Lipinski definition) is 2. The molecule has 2 N–H and O–H groups in total. The van der Waals surface area contributed by atoms with Gasteiger partial charge >= 0.3 is 5.97 Å². The number of ether oxygens (including phenoxy) is 2. The monoisotopic (exact) mass is 268 g/mol. The Morgan fingerprint density at radius 1 is 1.37 bits per heavy atom. The predicted octanol–water partition coefficient (Wildman–Crippen LogP) is 1.48. The molecular weight excluding hydrogens is 248 g/mol. The van der Waals surface area contributed by atoms with Crippen molar-refractivity contribution < 1.29 is 24.5 Å². The van der Waals surface area contributed by atoms with Gasteiger partial charge in [-0.05, 0) is 31.0 Å². The van der Waals surface area contributed by atoms with Gasteiger partial charge < -0.3 is 19.7 Å². The summed E-state index contributed by atoms with van der Waals surface area (Å²) in [5.74, 6) is -0.380. The van der Waals surface area contributed by atoms with Gasteiger partial charge in [-0.25, -0.2) is 4.79 Å². The van der Waals surface area contributed by atoms with Crippen LogP contribution in [0.1, 0.15) is 18.9 Å². The average Bonchev–Trinajstić information content (AvgIpc) is 2.39. The fourth-order valence-corrected chi connectivity index (χ4v) is 1.57. The Bertz CT molecular complexity index is 391. The first-order valence-corrected chi connectivity index (χ1v) is 6.34. The second-order valence-electron chi connectivity index (χ2n) is 4.09. The van der Waals surface area contributed by atoms with Crippen LogP contribution in [-0.4, -0.2) is 42.1 Å². The van der Waals surface area contributed by atoms with Crippen molar-refractivity contribution in [2.45, 2.75) is 25.9 Å². The minimum absolute atomic E-state index is 0.105. The number of rotatable bonds is 9. The van der Waals surface area contributed by atoms with E-state index in [-0.39, 0.29) is 13.0 Å². The quantitative estimate of drug-likeness (QED) is 0.663. The van der Waals surface area contributed by atoms with E-state index in [4.69, 9.17) is 19.7 Å². The molecule has 0 fully saturated rings. The fraction of sp³-hybridized carbons (Fsp3) is 0.500. The zero-order valence-corrected chi connectivity index (χ0v) is 11.0. The molecule has 0 amide bonds.